The van der Waals surface area contributed by atoms with E-state index in [1.54, 1.807) is 6.07 Å². The molecule has 0 saturated heterocycles. The number of rotatable bonds is 4. The molecule has 0 aromatic heterocycles. The van der Waals surface area contributed by atoms with Gasteiger partial charge in [0.05, 0.1) is 13.2 Å². The van der Waals surface area contributed by atoms with Gasteiger partial charge in [0, 0.05) is 16.7 Å². The highest BCUT2D eigenvalue weighted by molar-refractivity contribution is 5.98. The van der Waals surface area contributed by atoms with Gasteiger partial charge in [0.25, 0.3) is 0 Å². The van der Waals surface area contributed by atoms with E-state index >= 15 is 0 Å². The summed E-state index contributed by atoms with van der Waals surface area (Å²) in [7, 11) is 0. The number of phenols is 1. The van der Waals surface area contributed by atoms with Crippen molar-refractivity contribution in [1.29, 1.82) is 0 Å². The highest BCUT2D eigenvalue weighted by atomic mass is 35.5. The number of hydrogen-bond acceptors (Lipinski definition) is 4. The lowest BCUT2D eigenvalue weighted by Gasteiger charge is -2.19. The smallest absolute Gasteiger partial charge is 0.176 e. The number of Topliss-reactive ketones (excluding diaryl/α,β-unsaturated/α-hetero) is 1. The quantitative estimate of drug-likeness (QED) is 0.733. The first-order valence-electron chi connectivity index (χ1n) is 5.54. The Morgan fingerprint density at radius 2 is 1.94 bits per heavy atom. The van der Waals surface area contributed by atoms with Crippen molar-refractivity contribution in [1.82, 2.24) is 5.32 Å². The van der Waals surface area contributed by atoms with Gasteiger partial charge in [-0.05, 0) is 39.0 Å². The molecule has 18 heavy (non-hydrogen) atoms. The van der Waals surface area contributed by atoms with Gasteiger partial charge in [-0.1, -0.05) is 0 Å². The molecule has 0 unspecified atom stereocenters. The largest absolute Gasteiger partial charge is 0.508 e. The van der Waals surface area contributed by atoms with E-state index < -0.39 is 0 Å². The summed E-state index contributed by atoms with van der Waals surface area (Å²) >= 11 is 0. The molecule has 0 aliphatic rings. The van der Waals surface area contributed by atoms with Gasteiger partial charge in [0.1, 0.15) is 5.75 Å². The molecular formula is C13H20ClNO3. The minimum atomic E-state index is -0.278. The van der Waals surface area contributed by atoms with E-state index in [9.17, 15) is 9.90 Å². The van der Waals surface area contributed by atoms with E-state index in [-0.39, 0.29) is 42.6 Å². The van der Waals surface area contributed by atoms with Crippen molar-refractivity contribution in [3.63, 3.8) is 0 Å². The molecule has 0 bridgehead atoms. The Morgan fingerprint density at radius 1 is 1.33 bits per heavy atom. The van der Waals surface area contributed by atoms with Crippen LogP contribution in [-0.4, -0.2) is 28.1 Å². The zero-order chi connectivity index (χ0) is 13.1. The summed E-state index contributed by atoms with van der Waals surface area (Å²) in [4.78, 5) is 11.8. The number of halogens is 1. The highest BCUT2D eigenvalue weighted by Crippen LogP contribution is 2.18. The molecule has 0 saturated carbocycles. The van der Waals surface area contributed by atoms with E-state index in [1.807, 2.05) is 20.8 Å². The van der Waals surface area contributed by atoms with Crippen molar-refractivity contribution in [3.05, 3.63) is 29.3 Å². The molecule has 3 N–H and O–H groups in total. The van der Waals surface area contributed by atoms with Crippen LogP contribution in [0.15, 0.2) is 18.2 Å². The topological polar surface area (TPSA) is 69.6 Å². The third kappa shape index (κ3) is 5.04. The maximum atomic E-state index is 11.8. The van der Waals surface area contributed by atoms with Gasteiger partial charge in [-0.2, -0.15) is 0 Å². The van der Waals surface area contributed by atoms with Gasteiger partial charge in [-0.3, -0.25) is 4.79 Å². The minimum Gasteiger partial charge on any atom is -0.508 e. The lowest BCUT2D eigenvalue weighted by molar-refractivity contribution is 0.0982. The van der Waals surface area contributed by atoms with Crippen molar-refractivity contribution < 1.29 is 15.0 Å². The van der Waals surface area contributed by atoms with Crippen molar-refractivity contribution in [2.75, 3.05) is 6.54 Å². The van der Waals surface area contributed by atoms with Crippen molar-refractivity contribution in [3.8, 4) is 5.75 Å². The lowest BCUT2D eigenvalue weighted by Crippen LogP contribution is -2.39. The SMILES string of the molecule is CC(C)(C)NCC(=O)c1ccc(O)c(CO)c1.Cl. The van der Waals surface area contributed by atoms with Crippen LogP contribution in [0.1, 0.15) is 36.7 Å². The van der Waals surface area contributed by atoms with Gasteiger partial charge in [-0.25, -0.2) is 0 Å². The maximum Gasteiger partial charge on any atom is 0.176 e. The average Bonchev–Trinajstić information content (AvgIpc) is 2.25. The molecule has 1 aromatic rings. The van der Waals surface area contributed by atoms with Crippen LogP contribution in [-0.2, 0) is 6.61 Å². The van der Waals surface area contributed by atoms with Gasteiger partial charge < -0.3 is 15.5 Å². The molecule has 102 valence electrons. The zero-order valence-electron chi connectivity index (χ0n) is 10.9. The minimum absolute atomic E-state index is 0. The molecule has 0 heterocycles. The van der Waals surface area contributed by atoms with Crippen LogP contribution in [0.2, 0.25) is 0 Å². The Bertz CT molecular complexity index is 413. The van der Waals surface area contributed by atoms with Crippen molar-refractivity contribution in [2.45, 2.75) is 32.9 Å². The van der Waals surface area contributed by atoms with E-state index in [0.717, 1.165) is 0 Å². The monoisotopic (exact) mass is 273 g/mol. The first-order valence-corrected chi connectivity index (χ1v) is 5.54. The molecule has 1 rings (SSSR count). The van der Waals surface area contributed by atoms with Crippen LogP contribution < -0.4 is 5.32 Å². The van der Waals surface area contributed by atoms with Crippen LogP contribution in [0.4, 0.5) is 0 Å². The first kappa shape index (κ1) is 16.9. The number of hydrogen-bond donors (Lipinski definition) is 3. The van der Waals surface area contributed by atoms with Crippen LogP contribution in [0.25, 0.3) is 0 Å². The third-order valence-corrected chi connectivity index (χ3v) is 2.35. The fourth-order valence-corrected chi connectivity index (χ4v) is 1.33. The fraction of sp³-hybridized carbons (Fsp3) is 0.462. The molecule has 0 aliphatic carbocycles. The molecule has 0 aliphatic heterocycles. The third-order valence-electron chi connectivity index (χ3n) is 2.35. The molecule has 0 radical (unpaired) electrons. The first-order chi connectivity index (χ1) is 7.83. The number of aliphatic hydroxyl groups is 1. The molecule has 0 amide bonds. The van der Waals surface area contributed by atoms with Crippen LogP contribution in [0.5, 0.6) is 5.75 Å². The normalized spacial score (nSPS) is 10.9. The van der Waals surface area contributed by atoms with E-state index in [1.165, 1.54) is 12.1 Å². The Hall–Kier alpha value is -1.10. The van der Waals surface area contributed by atoms with Crippen LogP contribution >= 0.6 is 12.4 Å². The molecular weight excluding hydrogens is 254 g/mol. The second-order valence-corrected chi connectivity index (χ2v) is 5.03. The van der Waals surface area contributed by atoms with Gasteiger partial charge >= 0.3 is 0 Å². The number of nitrogens with one attached hydrogen (secondary N) is 1. The molecule has 1 aromatic carbocycles. The number of aliphatic hydroxyl groups excluding tert-OH is 1. The van der Waals surface area contributed by atoms with Crippen molar-refractivity contribution >= 4 is 18.2 Å². The maximum absolute atomic E-state index is 11.8. The molecule has 0 fully saturated rings. The highest BCUT2D eigenvalue weighted by Gasteiger charge is 2.13. The Labute approximate surface area is 113 Å². The summed E-state index contributed by atoms with van der Waals surface area (Å²) < 4.78 is 0. The van der Waals surface area contributed by atoms with Crippen LogP contribution in [0, 0.1) is 0 Å². The standard InChI is InChI=1S/C13H19NO3.ClH/c1-13(2,3)14-7-12(17)9-4-5-11(16)10(6-9)8-15;/h4-6,14-16H,7-8H2,1-3H3;1H. The fourth-order valence-electron chi connectivity index (χ4n) is 1.33. The van der Waals surface area contributed by atoms with Gasteiger partial charge in [-0.15, -0.1) is 12.4 Å². The molecule has 4 nitrogen and oxygen atoms in total. The Kier molecular flexibility index (Phi) is 6.32. The van der Waals surface area contributed by atoms with Crippen molar-refractivity contribution in [2.24, 2.45) is 0 Å². The zero-order valence-corrected chi connectivity index (χ0v) is 11.7. The second kappa shape index (κ2) is 6.73. The van der Waals surface area contributed by atoms with Crippen LogP contribution in [0.3, 0.4) is 0 Å². The number of benzene rings is 1. The second-order valence-electron chi connectivity index (χ2n) is 5.03. The van der Waals surface area contributed by atoms with E-state index in [2.05, 4.69) is 5.32 Å². The predicted molar refractivity (Wildman–Crippen MR) is 73.4 cm³/mol. The van der Waals surface area contributed by atoms with E-state index in [4.69, 9.17) is 5.11 Å². The Balaban J connectivity index is 0.00000289. The number of carbonyl (C=O) groups excluding carboxylic acids is 1. The number of aromatic hydroxyl groups is 1. The molecule has 5 heteroatoms. The summed E-state index contributed by atoms with van der Waals surface area (Å²) in [5.41, 5.74) is 0.738. The summed E-state index contributed by atoms with van der Waals surface area (Å²) in [5.74, 6) is -0.0533. The predicted octanol–water partition coefficient (Wildman–Crippen LogP) is 1.88. The summed E-state index contributed by atoms with van der Waals surface area (Å²) in [6.07, 6.45) is 0. The summed E-state index contributed by atoms with van der Waals surface area (Å²) in [6.45, 7) is 5.90. The molecule has 0 atom stereocenters. The number of carbonyl (C=O) groups is 1. The lowest BCUT2D eigenvalue weighted by atomic mass is 10.0. The summed E-state index contributed by atoms with van der Waals surface area (Å²) in [6, 6.07) is 4.50. The van der Waals surface area contributed by atoms with Gasteiger partial charge in [0.15, 0.2) is 5.78 Å². The number of ketones is 1. The Morgan fingerprint density at radius 3 is 2.44 bits per heavy atom. The molecule has 0 spiro atoms. The summed E-state index contributed by atoms with van der Waals surface area (Å²) in [5, 5.41) is 21.5. The average molecular weight is 274 g/mol. The van der Waals surface area contributed by atoms with E-state index in [0.29, 0.717) is 11.1 Å². The van der Waals surface area contributed by atoms with Gasteiger partial charge in [0.2, 0.25) is 0 Å².